The average molecular weight is 361 g/mol. The standard InChI is InChI=1S/C20H16FN5O/c1-12-3-2-4-17(25-12)27-16-6-5-13(9-15(16)21)18-14-10-22-11-24-19(14)26-8-7-23-20(18)26/h2-6,9-11,23H,7-8H2,1H3. The fourth-order valence-corrected chi connectivity index (χ4v) is 3.49. The molecule has 0 saturated carbocycles. The Morgan fingerprint density at radius 3 is 3.00 bits per heavy atom. The highest BCUT2D eigenvalue weighted by Gasteiger charge is 2.23. The number of pyridine rings is 1. The van der Waals surface area contributed by atoms with Gasteiger partial charge in [0.15, 0.2) is 11.6 Å². The Balaban J connectivity index is 1.58. The van der Waals surface area contributed by atoms with Crippen molar-refractivity contribution in [3.8, 4) is 22.8 Å². The zero-order valence-corrected chi connectivity index (χ0v) is 14.6. The van der Waals surface area contributed by atoms with E-state index in [1.807, 2.05) is 25.1 Å². The van der Waals surface area contributed by atoms with Gasteiger partial charge in [0.25, 0.3) is 0 Å². The number of nitrogens with one attached hydrogen (secondary N) is 1. The van der Waals surface area contributed by atoms with E-state index in [1.165, 1.54) is 12.4 Å². The number of rotatable bonds is 3. The molecule has 134 valence electrons. The molecule has 1 aliphatic heterocycles. The summed E-state index contributed by atoms with van der Waals surface area (Å²) in [7, 11) is 0. The van der Waals surface area contributed by atoms with E-state index in [1.54, 1.807) is 18.3 Å². The van der Waals surface area contributed by atoms with Crippen LogP contribution in [0.3, 0.4) is 0 Å². The predicted octanol–water partition coefficient (Wildman–Crippen LogP) is 4.16. The Morgan fingerprint density at radius 1 is 1.22 bits per heavy atom. The third kappa shape index (κ3) is 2.59. The molecule has 5 rings (SSSR count). The van der Waals surface area contributed by atoms with E-state index >= 15 is 0 Å². The molecule has 7 heteroatoms. The lowest BCUT2D eigenvalue weighted by atomic mass is 10.1. The van der Waals surface area contributed by atoms with Crippen LogP contribution in [0.1, 0.15) is 5.69 Å². The molecule has 3 aromatic heterocycles. The van der Waals surface area contributed by atoms with Crippen LogP contribution in [0.15, 0.2) is 48.9 Å². The van der Waals surface area contributed by atoms with Gasteiger partial charge in [0, 0.05) is 42.0 Å². The van der Waals surface area contributed by atoms with Crippen molar-refractivity contribution in [2.24, 2.45) is 0 Å². The highest BCUT2D eigenvalue weighted by atomic mass is 19.1. The maximum atomic E-state index is 14.8. The predicted molar refractivity (Wildman–Crippen MR) is 100 cm³/mol. The average Bonchev–Trinajstić information content (AvgIpc) is 3.24. The lowest BCUT2D eigenvalue weighted by Gasteiger charge is -2.09. The first kappa shape index (κ1) is 15.7. The summed E-state index contributed by atoms with van der Waals surface area (Å²) < 4.78 is 22.5. The summed E-state index contributed by atoms with van der Waals surface area (Å²) in [5, 5.41) is 4.26. The molecule has 1 aromatic carbocycles. The van der Waals surface area contributed by atoms with Crippen LogP contribution in [0.5, 0.6) is 11.6 Å². The Kier molecular flexibility index (Phi) is 3.53. The minimum absolute atomic E-state index is 0.140. The molecule has 0 aliphatic carbocycles. The van der Waals surface area contributed by atoms with Crippen LogP contribution in [0.25, 0.3) is 22.2 Å². The third-order valence-electron chi connectivity index (χ3n) is 4.65. The first-order chi connectivity index (χ1) is 13.2. The van der Waals surface area contributed by atoms with Crippen LogP contribution < -0.4 is 10.1 Å². The molecule has 0 radical (unpaired) electrons. The molecular weight excluding hydrogens is 345 g/mol. The van der Waals surface area contributed by atoms with Gasteiger partial charge in [-0.2, -0.15) is 0 Å². The van der Waals surface area contributed by atoms with Crippen LogP contribution in [0.2, 0.25) is 0 Å². The molecule has 1 N–H and O–H groups in total. The summed E-state index contributed by atoms with van der Waals surface area (Å²) in [4.78, 5) is 12.8. The molecule has 0 amide bonds. The van der Waals surface area contributed by atoms with E-state index in [9.17, 15) is 4.39 Å². The number of anilines is 1. The maximum Gasteiger partial charge on any atom is 0.219 e. The largest absolute Gasteiger partial charge is 0.436 e. The van der Waals surface area contributed by atoms with Crippen molar-refractivity contribution in [3.63, 3.8) is 0 Å². The number of hydrogen-bond donors (Lipinski definition) is 1. The zero-order chi connectivity index (χ0) is 18.4. The fourth-order valence-electron chi connectivity index (χ4n) is 3.49. The fraction of sp³-hybridized carbons (Fsp3) is 0.150. The molecule has 6 nitrogen and oxygen atoms in total. The molecule has 0 spiro atoms. The van der Waals surface area contributed by atoms with Crippen molar-refractivity contribution in [2.75, 3.05) is 11.9 Å². The van der Waals surface area contributed by atoms with Crippen LogP contribution >= 0.6 is 0 Å². The summed E-state index contributed by atoms with van der Waals surface area (Å²) in [5.41, 5.74) is 3.32. The smallest absolute Gasteiger partial charge is 0.219 e. The third-order valence-corrected chi connectivity index (χ3v) is 4.65. The summed E-state index contributed by atoms with van der Waals surface area (Å²) in [6.07, 6.45) is 3.30. The van der Waals surface area contributed by atoms with Gasteiger partial charge in [0.1, 0.15) is 17.8 Å². The van der Waals surface area contributed by atoms with Crippen molar-refractivity contribution >= 4 is 16.9 Å². The minimum Gasteiger partial charge on any atom is -0.436 e. The molecule has 27 heavy (non-hydrogen) atoms. The number of aryl methyl sites for hydroxylation is 1. The molecule has 0 saturated heterocycles. The molecular formula is C20H16FN5O. The molecule has 0 atom stereocenters. The maximum absolute atomic E-state index is 14.8. The Hall–Kier alpha value is -3.48. The van der Waals surface area contributed by atoms with Gasteiger partial charge in [0.05, 0.1) is 0 Å². The second-order valence-corrected chi connectivity index (χ2v) is 6.43. The van der Waals surface area contributed by atoms with Gasteiger partial charge in [-0.1, -0.05) is 12.1 Å². The number of hydrogen-bond acceptors (Lipinski definition) is 5. The van der Waals surface area contributed by atoms with E-state index in [0.29, 0.717) is 5.88 Å². The van der Waals surface area contributed by atoms with Crippen molar-refractivity contribution in [2.45, 2.75) is 13.5 Å². The molecule has 0 unspecified atom stereocenters. The minimum atomic E-state index is -0.446. The zero-order valence-electron chi connectivity index (χ0n) is 14.6. The molecule has 4 heterocycles. The quantitative estimate of drug-likeness (QED) is 0.594. The van der Waals surface area contributed by atoms with Gasteiger partial charge in [-0.15, -0.1) is 0 Å². The van der Waals surface area contributed by atoms with Crippen LogP contribution in [0, 0.1) is 12.7 Å². The van der Waals surface area contributed by atoms with E-state index in [4.69, 9.17) is 4.74 Å². The first-order valence-corrected chi connectivity index (χ1v) is 8.68. The highest BCUT2D eigenvalue weighted by molar-refractivity contribution is 6.01. The molecule has 0 fully saturated rings. The summed E-state index contributed by atoms with van der Waals surface area (Å²) in [6.45, 7) is 3.51. The van der Waals surface area contributed by atoms with Gasteiger partial charge in [-0.25, -0.2) is 19.3 Å². The van der Waals surface area contributed by atoms with Gasteiger partial charge >= 0.3 is 0 Å². The van der Waals surface area contributed by atoms with Crippen molar-refractivity contribution < 1.29 is 9.13 Å². The first-order valence-electron chi connectivity index (χ1n) is 8.68. The number of halogens is 1. The van der Waals surface area contributed by atoms with Gasteiger partial charge in [-0.05, 0) is 30.7 Å². The van der Waals surface area contributed by atoms with Gasteiger partial charge in [0.2, 0.25) is 5.88 Å². The lowest BCUT2D eigenvalue weighted by Crippen LogP contribution is -1.96. The topological polar surface area (TPSA) is 64.9 Å². The monoisotopic (exact) mass is 361 g/mol. The molecule has 1 aliphatic rings. The van der Waals surface area contributed by atoms with Crippen molar-refractivity contribution in [1.29, 1.82) is 0 Å². The second-order valence-electron chi connectivity index (χ2n) is 6.43. The van der Waals surface area contributed by atoms with Gasteiger partial charge < -0.3 is 14.6 Å². The number of aromatic nitrogens is 4. The Morgan fingerprint density at radius 2 is 2.15 bits per heavy atom. The van der Waals surface area contributed by atoms with Crippen molar-refractivity contribution in [3.05, 3.63) is 60.4 Å². The van der Waals surface area contributed by atoms with Crippen LogP contribution in [0.4, 0.5) is 10.2 Å². The summed E-state index contributed by atoms with van der Waals surface area (Å²) in [5.74, 6) is 1.01. The SMILES string of the molecule is Cc1cccc(Oc2ccc(-c3c4n(c5ncncc35)CCN4)cc2F)n1. The normalized spacial score (nSPS) is 12.8. The van der Waals surface area contributed by atoms with Gasteiger partial charge in [-0.3, -0.25) is 0 Å². The molecule has 4 aromatic rings. The number of fused-ring (bicyclic) bond motifs is 3. The summed E-state index contributed by atoms with van der Waals surface area (Å²) >= 11 is 0. The highest BCUT2D eigenvalue weighted by Crippen LogP contribution is 2.40. The Labute approximate surface area is 154 Å². The van der Waals surface area contributed by atoms with E-state index < -0.39 is 5.82 Å². The van der Waals surface area contributed by atoms with Crippen LogP contribution in [-0.4, -0.2) is 26.1 Å². The van der Waals surface area contributed by atoms with E-state index in [0.717, 1.165) is 46.8 Å². The van der Waals surface area contributed by atoms with Crippen molar-refractivity contribution in [1.82, 2.24) is 19.5 Å². The lowest BCUT2D eigenvalue weighted by molar-refractivity contribution is 0.427. The second kappa shape index (κ2) is 6.05. The van der Waals surface area contributed by atoms with E-state index in [-0.39, 0.29) is 5.75 Å². The summed E-state index contributed by atoms with van der Waals surface area (Å²) in [6, 6.07) is 10.3. The number of benzene rings is 1. The van der Waals surface area contributed by atoms with E-state index in [2.05, 4.69) is 24.8 Å². The van der Waals surface area contributed by atoms with Crippen LogP contribution in [-0.2, 0) is 6.54 Å². The number of ether oxygens (including phenoxy) is 1. The Bertz CT molecular complexity index is 1170. The molecule has 0 bridgehead atoms. The number of nitrogens with zero attached hydrogens (tertiary/aromatic N) is 4.